The van der Waals surface area contributed by atoms with Crippen molar-refractivity contribution >= 4 is 6.47 Å². The number of aryl methyl sites for hydroxylation is 1. The van der Waals surface area contributed by atoms with Crippen molar-refractivity contribution in [2.45, 2.75) is 25.9 Å². The highest BCUT2D eigenvalue weighted by molar-refractivity contribution is 5.32. The van der Waals surface area contributed by atoms with Gasteiger partial charge in [-0.2, -0.15) is 5.10 Å². The number of hydrogen-bond acceptors (Lipinski definition) is 4. The Hall–Kier alpha value is -2.18. The van der Waals surface area contributed by atoms with E-state index in [1.54, 1.807) is 0 Å². The Morgan fingerprint density at radius 3 is 2.67 bits per heavy atom. The van der Waals surface area contributed by atoms with Crippen LogP contribution in [-0.2, 0) is 17.6 Å². The van der Waals surface area contributed by atoms with Crippen LogP contribution in [0.2, 0.25) is 0 Å². The molecule has 0 bridgehead atoms. The van der Waals surface area contributed by atoms with Gasteiger partial charge in [0.2, 0.25) is 0 Å². The van der Waals surface area contributed by atoms with E-state index in [0.29, 0.717) is 5.92 Å². The minimum Gasteiger partial charge on any atom is -0.483 e. The van der Waals surface area contributed by atoms with E-state index in [2.05, 4.69) is 45.4 Å². The van der Waals surface area contributed by atoms with Crippen LogP contribution in [0.3, 0.4) is 0 Å². The average molecular weight is 331 g/mol. The van der Waals surface area contributed by atoms with E-state index in [1.165, 1.54) is 5.56 Å². The zero-order chi connectivity index (χ0) is 17.4. The second-order valence-corrected chi connectivity index (χ2v) is 6.17. The molecule has 0 amide bonds. The number of carbonyl (C=O) groups is 1. The third kappa shape index (κ3) is 5.47. The minimum absolute atomic E-state index is 0.238. The lowest BCUT2D eigenvalue weighted by atomic mass is 10.0. The second-order valence-electron chi connectivity index (χ2n) is 6.17. The summed E-state index contributed by atoms with van der Waals surface area (Å²) in [6.45, 7) is 4.51. The number of rotatable bonds is 5. The molecule has 130 valence electrons. The first-order valence-corrected chi connectivity index (χ1v) is 8.15. The summed E-state index contributed by atoms with van der Waals surface area (Å²) in [5.74, 6) is 0.295. The van der Waals surface area contributed by atoms with Crippen LogP contribution in [0.25, 0.3) is 0 Å². The lowest BCUT2D eigenvalue weighted by molar-refractivity contribution is -0.122. The van der Waals surface area contributed by atoms with Gasteiger partial charge in [0.15, 0.2) is 0 Å². The van der Waals surface area contributed by atoms with Crippen molar-refractivity contribution in [2.24, 2.45) is 5.92 Å². The molecule has 2 atom stereocenters. The van der Waals surface area contributed by atoms with Crippen LogP contribution in [0.15, 0.2) is 36.4 Å². The summed E-state index contributed by atoms with van der Waals surface area (Å²) in [6.07, 6.45) is 1.66. The largest absolute Gasteiger partial charge is 0.483 e. The fraction of sp³-hybridized carbons (Fsp3) is 0.444. The van der Waals surface area contributed by atoms with Gasteiger partial charge in [0, 0.05) is 31.2 Å². The molecule has 1 fully saturated rings. The van der Waals surface area contributed by atoms with Crippen LogP contribution < -0.4 is 0 Å². The molecule has 3 N–H and O–H groups in total. The summed E-state index contributed by atoms with van der Waals surface area (Å²) in [5.41, 5.74) is 3.50. The quantitative estimate of drug-likeness (QED) is 0.723. The Morgan fingerprint density at radius 2 is 2.04 bits per heavy atom. The fourth-order valence-corrected chi connectivity index (χ4v) is 3.10. The van der Waals surface area contributed by atoms with E-state index in [4.69, 9.17) is 9.90 Å². The smallest absolute Gasteiger partial charge is 0.290 e. The van der Waals surface area contributed by atoms with Crippen LogP contribution in [-0.4, -0.2) is 57.5 Å². The van der Waals surface area contributed by atoms with Gasteiger partial charge < -0.3 is 15.1 Å². The van der Waals surface area contributed by atoms with Gasteiger partial charge in [-0.05, 0) is 31.4 Å². The van der Waals surface area contributed by atoms with Gasteiger partial charge in [-0.3, -0.25) is 9.89 Å². The molecular weight excluding hydrogens is 306 g/mol. The highest BCUT2D eigenvalue weighted by Gasteiger charge is 2.31. The molecule has 0 radical (unpaired) electrons. The standard InChI is InChI=1S/C17H23N3O.CH2O2/c1-13-9-16(19-18-13)10-15-11-20(12-17(15)21)8-7-14-5-3-2-4-6-14;2-1-3/h2-6,9,15,17,21H,7-8,10-12H2,1H3,(H,18,19);1H,(H,2,3)/t15-,17+;/m1./s1. The molecule has 1 aromatic carbocycles. The van der Waals surface area contributed by atoms with Gasteiger partial charge >= 0.3 is 0 Å². The number of aromatic nitrogens is 2. The monoisotopic (exact) mass is 331 g/mol. The van der Waals surface area contributed by atoms with Crippen molar-refractivity contribution in [1.82, 2.24) is 15.1 Å². The molecular formula is C18H25N3O3. The van der Waals surface area contributed by atoms with Crippen LogP contribution in [0, 0.1) is 12.8 Å². The van der Waals surface area contributed by atoms with Crippen LogP contribution in [0.1, 0.15) is 17.0 Å². The van der Waals surface area contributed by atoms with E-state index in [1.807, 2.05) is 13.0 Å². The van der Waals surface area contributed by atoms with Crippen molar-refractivity contribution in [1.29, 1.82) is 0 Å². The number of H-pyrrole nitrogens is 1. The molecule has 3 rings (SSSR count). The topological polar surface area (TPSA) is 89.5 Å². The summed E-state index contributed by atoms with van der Waals surface area (Å²) in [5, 5.41) is 24.4. The molecule has 1 aromatic heterocycles. The molecule has 6 nitrogen and oxygen atoms in total. The molecule has 1 aliphatic rings. The van der Waals surface area contributed by atoms with Gasteiger partial charge in [0.25, 0.3) is 6.47 Å². The van der Waals surface area contributed by atoms with E-state index >= 15 is 0 Å². The van der Waals surface area contributed by atoms with Crippen molar-refractivity contribution in [3.63, 3.8) is 0 Å². The molecule has 2 aromatic rings. The number of carboxylic acid groups (broad SMARTS) is 1. The van der Waals surface area contributed by atoms with Gasteiger partial charge in [-0.15, -0.1) is 0 Å². The van der Waals surface area contributed by atoms with E-state index < -0.39 is 0 Å². The zero-order valence-electron chi connectivity index (χ0n) is 13.9. The molecule has 0 spiro atoms. The average Bonchev–Trinajstić information content (AvgIpc) is 3.13. The van der Waals surface area contributed by atoms with Gasteiger partial charge in [0.05, 0.1) is 11.8 Å². The van der Waals surface area contributed by atoms with Crippen LogP contribution in [0.5, 0.6) is 0 Å². The summed E-state index contributed by atoms with van der Waals surface area (Å²) in [4.78, 5) is 10.7. The summed E-state index contributed by atoms with van der Waals surface area (Å²) in [6, 6.07) is 12.6. The van der Waals surface area contributed by atoms with E-state index in [-0.39, 0.29) is 12.6 Å². The van der Waals surface area contributed by atoms with Crippen molar-refractivity contribution in [3.8, 4) is 0 Å². The number of β-amino-alcohol motifs (C(OH)–C–C–N with tert-alkyl or cyclic N) is 1. The summed E-state index contributed by atoms with van der Waals surface area (Å²) >= 11 is 0. The number of nitrogens with one attached hydrogen (secondary N) is 1. The normalized spacial score (nSPS) is 20.4. The number of aliphatic hydroxyl groups is 1. The van der Waals surface area contributed by atoms with Gasteiger partial charge in [-0.25, -0.2) is 0 Å². The first kappa shape index (κ1) is 18.2. The van der Waals surface area contributed by atoms with E-state index in [0.717, 1.165) is 43.9 Å². The Kier molecular flexibility index (Phi) is 6.96. The Morgan fingerprint density at radius 1 is 1.33 bits per heavy atom. The minimum atomic E-state index is -0.250. The maximum Gasteiger partial charge on any atom is 0.290 e. The van der Waals surface area contributed by atoms with Gasteiger partial charge in [0.1, 0.15) is 0 Å². The number of benzene rings is 1. The fourth-order valence-electron chi connectivity index (χ4n) is 3.10. The maximum atomic E-state index is 10.2. The molecule has 0 saturated carbocycles. The highest BCUT2D eigenvalue weighted by Crippen LogP contribution is 2.21. The lowest BCUT2D eigenvalue weighted by Crippen LogP contribution is -2.24. The molecule has 0 aliphatic carbocycles. The van der Waals surface area contributed by atoms with Crippen molar-refractivity contribution < 1.29 is 15.0 Å². The molecule has 1 aliphatic heterocycles. The third-order valence-corrected chi connectivity index (χ3v) is 4.27. The molecule has 1 saturated heterocycles. The lowest BCUT2D eigenvalue weighted by Gasteiger charge is -2.15. The predicted molar refractivity (Wildman–Crippen MR) is 91.8 cm³/mol. The predicted octanol–water partition coefficient (Wildman–Crippen LogP) is 1.50. The zero-order valence-corrected chi connectivity index (χ0v) is 13.9. The van der Waals surface area contributed by atoms with Crippen molar-refractivity contribution in [2.75, 3.05) is 19.6 Å². The Labute approximate surface area is 142 Å². The van der Waals surface area contributed by atoms with E-state index in [9.17, 15) is 5.11 Å². The first-order chi connectivity index (χ1) is 11.6. The number of aromatic amines is 1. The summed E-state index contributed by atoms with van der Waals surface area (Å²) in [7, 11) is 0. The highest BCUT2D eigenvalue weighted by atomic mass is 16.3. The Balaban J connectivity index is 0.000000647. The summed E-state index contributed by atoms with van der Waals surface area (Å²) < 4.78 is 0. The molecule has 0 unspecified atom stereocenters. The molecule has 6 heteroatoms. The number of nitrogens with zero attached hydrogens (tertiary/aromatic N) is 2. The number of aliphatic hydroxyl groups excluding tert-OH is 1. The second kappa shape index (κ2) is 9.20. The first-order valence-electron chi connectivity index (χ1n) is 8.15. The maximum absolute atomic E-state index is 10.2. The molecule has 2 heterocycles. The SMILES string of the molecule is Cc1cc(C[C@@H]2CN(CCc3ccccc3)C[C@@H]2O)n[nH]1.O=CO. The van der Waals surface area contributed by atoms with Crippen molar-refractivity contribution in [3.05, 3.63) is 53.3 Å². The molecule has 24 heavy (non-hydrogen) atoms. The number of likely N-dealkylation sites (tertiary alicyclic amines) is 1. The Bertz CT molecular complexity index is 615. The third-order valence-electron chi connectivity index (χ3n) is 4.27. The van der Waals surface area contributed by atoms with Gasteiger partial charge in [-0.1, -0.05) is 30.3 Å². The van der Waals surface area contributed by atoms with Crippen LogP contribution >= 0.6 is 0 Å². The number of hydrogen-bond donors (Lipinski definition) is 3. The van der Waals surface area contributed by atoms with Crippen LogP contribution in [0.4, 0.5) is 0 Å².